The molecule has 1 aromatic rings. The monoisotopic (exact) mass is 393 g/mol. The number of carbonyl (C=O) groups is 1. The van der Waals surface area contributed by atoms with E-state index in [1.54, 1.807) is 0 Å². The molecule has 0 aliphatic carbocycles. The van der Waals surface area contributed by atoms with Crippen LogP contribution in [0.25, 0.3) is 0 Å². The molecule has 98 valence electrons. The van der Waals surface area contributed by atoms with Gasteiger partial charge in [0.05, 0.1) is 5.56 Å². The molecule has 0 saturated carbocycles. The highest BCUT2D eigenvalue weighted by atomic mass is 79.9. The predicted octanol–water partition coefficient (Wildman–Crippen LogP) is 4.30. The second-order valence-electron chi connectivity index (χ2n) is 4.51. The number of nitrogens with zero attached hydrogens (tertiary/aromatic N) is 1. The quantitative estimate of drug-likeness (QED) is 0.684. The Morgan fingerprint density at radius 1 is 1.33 bits per heavy atom. The van der Waals surface area contributed by atoms with Gasteiger partial charge in [-0.05, 0) is 52.9 Å². The van der Waals surface area contributed by atoms with Crippen molar-refractivity contribution in [3.63, 3.8) is 0 Å². The fourth-order valence-electron chi connectivity index (χ4n) is 2.12. The Morgan fingerprint density at radius 3 is 2.61 bits per heavy atom. The zero-order chi connectivity index (χ0) is 13.1. The van der Waals surface area contributed by atoms with Crippen molar-refractivity contribution in [3.8, 4) is 0 Å². The molecule has 0 atom stereocenters. The van der Waals surface area contributed by atoms with Crippen LogP contribution >= 0.6 is 43.5 Å². The van der Waals surface area contributed by atoms with Crippen LogP contribution in [0.2, 0.25) is 0 Å². The highest BCUT2D eigenvalue weighted by Gasteiger charge is 2.24. The largest absolute Gasteiger partial charge is 0.339 e. The fourth-order valence-corrected chi connectivity index (χ4v) is 3.21. The maximum atomic E-state index is 12.4. The van der Waals surface area contributed by atoms with Crippen LogP contribution in [0.15, 0.2) is 27.1 Å². The van der Waals surface area contributed by atoms with E-state index in [-0.39, 0.29) is 5.91 Å². The van der Waals surface area contributed by atoms with E-state index in [0.717, 1.165) is 34.9 Å². The number of rotatable bonds is 2. The maximum Gasteiger partial charge on any atom is 0.255 e. The van der Waals surface area contributed by atoms with E-state index >= 15 is 0 Å². The molecule has 0 aromatic heterocycles. The number of alkyl halides is 1. The Bertz CT molecular complexity index is 445. The van der Waals surface area contributed by atoms with E-state index < -0.39 is 0 Å². The summed E-state index contributed by atoms with van der Waals surface area (Å²) in [5, 5.41) is 0. The summed E-state index contributed by atoms with van der Waals surface area (Å²) >= 11 is 12.7. The van der Waals surface area contributed by atoms with E-state index in [9.17, 15) is 4.79 Å². The SMILES string of the molecule is O=C(c1cc(Br)ccc1Br)N1CCC(CCl)CC1. The molecule has 2 nitrogen and oxygen atoms in total. The minimum Gasteiger partial charge on any atom is -0.339 e. The van der Waals surface area contributed by atoms with Crippen LogP contribution in [0.1, 0.15) is 23.2 Å². The number of halogens is 3. The molecule has 0 unspecified atom stereocenters. The zero-order valence-corrected chi connectivity index (χ0v) is 13.8. The molecule has 0 bridgehead atoms. The van der Waals surface area contributed by atoms with Gasteiger partial charge >= 0.3 is 0 Å². The van der Waals surface area contributed by atoms with Crippen LogP contribution in [-0.4, -0.2) is 29.8 Å². The second-order valence-corrected chi connectivity index (χ2v) is 6.59. The van der Waals surface area contributed by atoms with Gasteiger partial charge in [0, 0.05) is 27.9 Å². The standard InChI is InChI=1S/C13H14Br2ClNO/c14-10-1-2-12(15)11(7-10)13(18)17-5-3-9(8-16)4-6-17/h1-2,7,9H,3-6,8H2. The van der Waals surface area contributed by atoms with Crippen molar-refractivity contribution in [3.05, 3.63) is 32.7 Å². The van der Waals surface area contributed by atoms with Gasteiger partial charge in [0.1, 0.15) is 0 Å². The van der Waals surface area contributed by atoms with Gasteiger partial charge in [-0.1, -0.05) is 15.9 Å². The van der Waals surface area contributed by atoms with Crippen molar-refractivity contribution in [1.29, 1.82) is 0 Å². The predicted molar refractivity (Wildman–Crippen MR) is 81.2 cm³/mol. The van der Waals surface area contributed by atoms with Crippen LogP contribution in [0.4, 0.5) is 0 Å². The van der Waals surface area contributed by atoms with Crippen molar-refractivity contribution in [2.24, 2.45) is 5.92 Å². The second kappa shape index (κ2) is 6.40. The maximum absolute atomic E-state index is 12.4. The van der Waals surface area contributed by atoms with E-state index in [2.05, 4.69) is 31.9 Å². The molecule has 1 heterocycles. The molecule has 2 rings (SSSR count). The van der Waals surface area contributed by atoms with Crippen LogP contribution in [0.5, 0.6) is 0 Å². The molecular weight excluding hydrogens is 381 g/mol. The first-order valence-corrected chi connectivity index (χ1v) is 8.04. The molecule has 1 aliphatic rings. The molecule has 18 heavy (non-hydrogen) atoms. The highest BCUT2D eigenvalue weighted by molar-refractivity contribution is 9.11. The number of amides is 1. The fraction of sp³-hybridized carbons (Fsp3) is 0.462. The van der Waals surface area contributed by atoms with Gasteiger partial charge in [-0.3, -0.25) is 4.79 Å². The van der Waals surface area contributed by atoms with Gasteiger partial charge in [0.25, 0.3) is 5.91 Å². The minimum atomic E-state index is 0.0937. The Labute approximate surface area is 129 Å². The highest BCUT2D eigenvalue weighted by Crippen LogP contribution is 2.25. The lowest BCUT2D eigenvalue weighted by molar-refractivity contribution is 0.0697. The topological polar surface area (TPSA) is 20.3 Å². The summed E-state index contributed by atoms with van der Waals surface area (Å²) in [7, 11) is 0. The molecule has 0 radical (unpaired) electrons. The van der Waals surface area contributed by atoms with Gasteiger partial charge < -0.3 is 4.90 Å². The third-order valence-electron chi connectivity index (χ3n) is 3.28. The van der Waals surface area contributed by atoms with Crippen LogP contribution in [-0.2, 0) is 0 Å². The number of piperidine rings is 1. The number of hydrogen-bond acceptors (Lipinski definition) is 1. The first-order chi connectivity index (χ1) is 8.61. The van der Waals surface area contributed by atoms with Crippen molar-refractivity contribution in [1.82, 2.24) is 4.90 Å². The average molecular weight is 396 g/mol. The van der Waals surface area contributed by atoms with Gasteiger partial charge in [-0.25, -0.2) is 0 Å². The number of benzene rings is 1. The molecule has 1 aliphatic heterocycles. The Hall–Kier alpha value is -0.0600. The minimum absolute atomic E-state index is 0.0937. The van der Waals surface area contributed by atoms with Gasteiger partial charge in [-0.15, -0.1) is 11.6 Å². The molecule has 5 heteroatoms. The van der Waals surface area contributed by atoms with Crippen molar-refractivity contribution in [2.75, 3.05) is 19.0 Å². The van der Waals surface area contributed by atoms with Crippen LogP contribution in [0.3, 0.4) is 0 Å². The van der Waals surface area contributed by atoms with E-state index in [4.69, 9.17) is 11.6 Å². The smallest absolute Gasteiger partial charge is 0.255 e. The third kappa shape index (κ3) is 3.28. The van der Waals surface area contributed by atoms with E-state index in [1.165, 1.54) is 0 Å². The van der Waals surface area contributed by atoms with E-state index in [1.807, 2.05) is 23.1 Å². The molecule has 0 N–H and O–H groups in total. The normalized spacial score (nSPS) is 16.9. The number of likely N-dealkylation sites (tertiary alicyclic amines) is 1. The van der Waals surface area contributed by atoms with Crippen molar-refractivity contribution in [2.45, 2.75) is 12.8 Å². The summed E-state index contributed by atoms with van der Waals surface area (Å²) < 4.78 is 1.76. The Kier molecular flexibility index (Phi) is 5.10. The first kappa shape index (κ1) is 14.4. The zero-order valence-electron chi connectivity index (χ0n) is 9.83. The molecule has 1 amide bonds. The van der Waals surface area contributed by atoms with Gasteiger partial charge in [0.2, 0.25) is 0 Å². The molecule has 1 saturated heterocycles. The van der Waals surface area contributed by atoms with Crippen LogP contribution in [0, 0.1) is 5.92 Å². The lowest BCUT2D eigenvalue weighted by Crippen LogP contribution is -2.39. The third-order valence-corrected chi connectivity index (χ3v) is 4.90. The number of hydrogen-bond donors (Lipinski definition) is 0. The summed E-state index contributed by atoms with van der Waals surface area (Å²) in [5.74, 6) is 1.35. The summed E-state index contributed by atoms with van der Waals surface area (Å²) in [6, 6.07) is 5.67. The summed E-state index contributed by atoms with van der Waals surface area (Å²) in [6.07, 6.45) is 2.00. The van der Waals surface area contributed by atoms with Gasteiger partial charge in [-0.2, -0.15) is 0 Å². The number of carbonyl (C=O) groups excluding carboxylic acids is 1. The first-order valence-electron chi connectivity index (χ1n) is 5.92. The van der Waals surface area contributed by atoms with E-state index in [0.29, 0.717) is 17.4 Å². The lowest BCUT2D eigenvalue weighted by Gasteiger charge is -2.31. The van der Waals surface area contributed by atoms with Gasteiger partial charge in [0.15, 0.2) is 0 Å². The molecule has 1 fully saturated rings. The Morgan fingerprint density at radius 2 is 2.00 bits per heavy atom. The molecule has 1 aromatic carbocycles. The average Bonchev–Trinajstić information content (AvgIpc) is 2.41. The summed E-state index contributed by atoms with van der Waals surface area (Å²) in [5.41, 5.74) is 0.716. The molecular formula is C13H14Br2ClNO. The Balaban J connectivity index is 2.10. The van der Waals surface area contributed by atoms with Crippen molar-refractivity contribution >= 4 is 49.4 Å². The van der Waals surface area contributed by atoms with Crippen molar-refractivity contribution < 1.29 is 4.79 Å². The van der Waals surface area contributed by atoms with Crippen LogP contribution < -0.4 is 0 Å². The molecule has 0 spiro atoms. The summed E-state index contributed by atoms with van der Waals surface area (Å²) in [6.45, 7) is 1.60. The lowest BCUT2D eigenvalue weighted by atomic mass is 9.98. The summed E-state index contributed by atoms with van der Waals surface area (Å²) in [4.78, 5) is 14.3.